The molecule has 0 unspecified atom stereocenters. The van der Waals surface area contributed by atoms with E-state index in [1.807, 2.05) is 31.0 Å². The van der Waals surface area contributed by atoms with Gasteiger partial charge in [0.05, 0.1) is 12.8 Å². The first-order valence-corrected chi connectivity index (χ1v) is 7.31. The summed E-state index contributed by atoms with van der Waals surface area (Å²) >= 11 is 1.39. The number of nitrogens with one attached hydrogen (secondary N) is 1. The molecular formula is C14H19N3O2S. The van der Waals surface area contributed by atoms with Crippen molar-refractivity contribution in [1.29, 1.82) is 0 Å². The molecule has 0 aliphatic heterocycles. The van der Waals surface area contributed by atoms with Gasteiger partial charge in [-0.25, -0.2) is 0 Å². The maximum absolute atomic E-state index is 12.0. The Bertz CT molecular complexity index is 616. The summed E-state index contributed by atoms with van der Waals surface area (Å²) in [6, 6.07) is 1.80. The van der Waals surface area contributed by atoms with Gasteiger partial charge in [-0.3, -0.25) is 9.48 Å². The van der Waals surface area contributed by atoms with Gasteiger partial charge < -0.3 is 10.1 Å². The predicted molar refractivity (Wildman–Crippen MR) is 79.6 cm³/mol. The molecule has 0 aliphatic carbocycles. The third-order valence-electron chi connectivity index (χ3n) is 3.37. The third-order valence-corrected chi connectivity index (χ3v) is 4.27. The smallest absolute Gasteiger partial charge is 0.265 e. The Hall–Kier alpha value is -1.82. The predicted octanol–water partition coefficient (Wildman–Crippen LogP) is 2.08. The van der Waals surface area contributed by atoms with Gasteiger partial charge in [0.1, 0.15) is 10.6 Å². The number of aryl methyl sites for hydroxylation is 2. The van der Waals surface area contributed by atoms with Gasteiger partial charge in [0.25, 0.3) is 5.91 Å². The van der Waals surface area contributed by atoms with E-state index in [0.29, 0.717) is 17.2 Å². The molecule has 0 fully saturated rings. The van der Waals surface area contributed by atoms with E-state index >= 15 is 0 Å². The summed E-state index contributed by atoms with van der Waals surface area (Å²) in [5.74, 6) is 0.539. The summed E-state index contributed by atoms with van der Waals surface area (Å²) in [6.07, 6.45) is 0.783. The molecule has 108 valence electrons. The Balaban J connectivity index is 1.95. The van der Waals surface area contributed by atoms with Crippen LogP contribution in [0.25, 0.3) is 0 Å². The molecule has 0 saturated carbocycles. The van der Waals surface area contributed by atoms with Crippen LogP contribution < -0.4 is 10.1 Å². The Labute approximate surface area is 122 Å². The molecule has 2 aromatic rings. The van der Waals surface area contributed by atoms with Gasteiger partial charge in [0.15, 0.2) is 0 Å². The number of hydrogen-bond donors (Lipinski definition) is 1. The molecule has 1 N–H and O–H groups in total. The van der Waals surface area contributed by atoms with Gasteiger partial charge in [-0.2, -0.15) is 5.10 Å². The van der Waals surface area contributed by atoms with Crippen molar-refractivity contribution in [3.8, 4) is 5.75 Å². The standard InChI is InChI=1S/C14H19N3O2S/c1-9-11(10(2)17(3)16-9)5-7-15-14(18)13-12(19-4)6-8-20-13/h6,8H,5,7H2,1-4H3,(H,15,18). The van der Waals surface area contributed by atoms with Crippen molar-refractivity contribution in [2.24, 2.45) is 7.05 Å². The number of rotatable bonds is 5. The minimum Gasteiger partial charge on any atom is -0.495 e. The molecule has 1 amide bonds. The molecule has 2 heterocycles. The largest absolute Gasteiger partial charge is 0.495 e. The lowest BCUT2D eigenvalue weighted by molar-refractivity contribution is 0.0955. The fourth-order valence-corrected chi connectivity index (χ4v) is 2.96. The van der Waals surface area contributed by atoms with E-state index in [4.69, 9.17) is 4.74 Å². The van der Waals surface area contributed by atoms with Crippen molar-refractivity contribution in [2.75, 3.05) is 13.7 Å². The van der Waals surface area contributed by atoms with Crippen molar-refractivity contribution in [1.82, 2.24) is 15.1 Å². The van der Waals surface area contributed by atoms with Crippen LogP contribution in [0.15, 0.2) is 11.4 Å². The van der Waals surface area contributed by atoms with Crippen molar-refractivity contribution >= 4 is 17.2 Å². The van der Waals surface area contributed by atoms with Crippen LogP contribution in [0.2, 0.25) is 0 Å². The lowest BCUT2D eigenvalue weighted by atomic mass is 10.1. The zero-order valence-corrected chi connectivity index (χ0v) is 13.0. The third kappa shape index (κ3) is 2.85. The van der Waals surface area contributed by atoms with Crippen LogP contribution in [0.5, 0.6) is 5.75 Å². The number of nitrogens with zero attached hydrogens (tertiary/aromatic N) is 2. The molecular weight excluding hydrogens is 274 g/mol. The minimum absolute atomic E-state index is 0.0870. The van der Waals surface area contributed by atoms with Crippen LogP contribution in [0.3, 0.4) is 0 Å². The first-order valence-electron chi connectivity index (χ1n) is 6.43. The molecule has 0 radical (unpaired) electrons. The minimum atomic E-state index is -0.0870. The normalized spacial score (nSPS) is 10.6. The second-order valence-electron chi connectivity index (χ2n) is 4.60. The zero-order chi connectivity index (χ0) is 14.7. The molecule has 5 nitrogen and oxygen atoms in total. The van der Waals surface area contributed by atoms with E-state index in [9.17, 15) is 4.79 Å². The summed E-state index contributed by atoms with van der Waals surface area (Å²) in [5, 5.41) is 9.15. The van der Waals surface area contributed by atoms with Gasteiger partial charge in [-0.15, -0.1) is 11.3 Å². The number of amides is 1. The van der Waals surface area contributed by atoms with Crippen molar-refractivity contribution < 1.29 is 9.53 Å². The molecule has 0 saturated heterocycles. The van der Waals surface area contributed by atoms with Crippen molar-refractivity contribution in [2.45, 2.75) is 20.3 Å². The fraction of sp³-hybridized carbons (Fsp3) is 0.429. The highest BCUT2D eigenvalue weighted by molar-refractivity contribution is 7.12. The highest BCUT2D eigenvalue weighted by Crippen LogP contribution is 2.24. The van der Waals surface area contributed by atoms with Crippen LogP contribution in [0, 0.1) is 13.8 Å². The monoisotopic (exact) mass is 293 g/mol. The quantitative estimate of drug-likeness (QED) is 0.918. The molecule has 0 spiro atoms. The van der Waals surface area contributed by atoms with Gasteiger partial charge in [-0.05, 0) is 37.3 Å². The van der Waals surface area contributed by atoms with Crippen LogP contribution in [-0.4, -0.2) is 29.3 Å². The van der Waals surface area contributed by atoms with Gasteiger partial charge in [0, 0.05) is 19.3 Å². The van der Waals surface area contributed by atoms with Crippen LogP contribution in [-0.2, 0) is 13.5 Å². The SMILES string of the molecule is COc1ccsc1C(=O)NCCc1c(C)nn(C)c1C. The zero-order valence-electron chi connectivity index (χ0n) is 12.2. The number of thiophene rings is 1. The molecule has 6 heteroatoms. The lowest BCUT2D eigenvalue weighted by Gasteiger charge is -2.06. The lowest BCUT2D eigenvalue weighted by Crippen LogP contribution is -2.25. The summed E-state index contributed by atoms with van der Waals surface area (Å²) in [6.45, 7) is 4.62. The van der Waals surface area contributed by atoms with E-state index in [2.05, 4.69) is 10.4 Å². The van der Waals surface area contributed by atoms with E-state index in [-0.39, 0.29) is 5.91 Å². The maximum atomic E-state index is 12.0. The second-order valence-corrected chi connectivity index (χ2v) is 5.51. The average molecular weight is 293 g/mol. The van der Waals surface area contributed by atoms with E-state index < -0.39 is 0 Å². The molecule has 2 aromatic heterocycles. The van der Waals surface area contributed by atoms with Crippen LogP contribution in [0.4, 0.5) is 0 Å². The Morgan fingerprint density at radius 2 is 2.25 bits per heavy atom. The number of aromatic nitrogens is 2. The second kappa shape index (κ2) is 6.09. The fourth-order valence-electron chi connectivity index (χ4n) is 2.18. The Morgan fingerprint density at radius 3 is 2.85 bits per heavy atom. The van der Waals surface area contributed by atoms with Crippen LogP contribution >= 0.6 is 11.3 Å². The molecule has 0 atom stereocenters. The number of carbonyl (C=O) groups excluding carboxylic acids is 1. The molecule has 0 bridgehead atoms. The number of ether oxygens (including phenoxy) is 1. The van der Waals surface area contributed by atoms with E-state index in [0.717, 1.165) is 17.8 Å². The van der Waals surface area contributed by atoms with E-state index in [1.54, 1.807) is 13.2 Å². The summed E-state index contributed by atoms with van der Waals surface area (Å²) in [4.78, 5) is 12.7. The van der Waals surface area contributed by atoms with Gasteiger partial charge in [-0.1, -0.05) is 0 Å². The maximum Gasteiger partial charge on any atom is 0.265 e. The Kier molecular flexibility index (Phi) is 4.44. The first kappa shape index (κ1) is 14.6. The number of carbonyl (C=O) groups is 1. The number of hydrogen-bond acceptors (Lipinski definition) is 4. The van der Waals surface area contributed by atoms with E-state index in [1.165, 1.54) is 16.9 Å². The summed E-state index contributed by atoms with van der Waals surface area (Å²) in [5.41, 5.74) is 3.37. The number of methoxy groups -OCH3 is 1. The topological polar surface area (TPSA) is 56.1 Å². The summed E-state index contributed by atoms with van der Waals surface area (Å²) in [7, 11) is 3.50. The average Bonchev–Trinajstić information content (AvgIpc) is 2.98. The Morgan fingerprint density at radius 1 is 1.50 bits per heavy atom. The molecule has 0 aromatic carbocycles. The van der Waals surface area contributed by atoms with Gasteiger partial charge >= 0.3 is 0 Å². The van der Waals surface area contributed by atoms with Crippen molar-refractivity contribution in [3.05, 3.63) is 33.3 Å². The molecule has 2 rings (SSSR count). The highest BCUT2D eigenvalue weighted by Gasteiger charge is 2.14. The summed E-state index contributed by atoms with van der Waals surface area (Å²) < 4.78 is 7.02. The molecule has 0 aliphatic rings. The highest BCUT2D eigenvalue weighted by atomic mass is 32.1. The molecule has 20 heavy (non-hydrogen) atoms. The van der Waals surface area contributed by atoms with Crippen molar-refractivity contribution in [3.63, 3.8) is 0 Å². The van der Waals surface area contributed by atoms with Gasteiger partial charge in [0.2, 0.25) is 0 Å². The first-order chi connectivity index (χ1) is 9.54. The van der Waals surface area contributed by atoms with Crippen LogP contribution in [0.1, 0.15) is 26.6 Å².